The molecule has 3 nitrogen and oxygen atoms in total. The molecule has 6 heteroatoms. The lowest BCUT2D eigenvalue weighted by Gasteiger charge is -2.14. The number of ether oxygens (including phenoxy) is 1. The van der Waals surface area contributed by atoms with Crippen LogP contribution >= 0.6 is 47.8 Å². The van der Waals surface area contributed by atoms with E-state index in [1.165, 1.54) is 0 Å². The first-order valence-electron chi connectivity index (χ1n) is 4.02. The second-order valence-electron chi connectivity index (χ2n) is 2.86. The van der Waals surface area contributed by atoms with E-state index in [4.69, 9.17) is 10.5 Å². The van der Waals surface area contributed by atoms with Crippen molar-refractivity contribution >= 4 is 53.7 Å². The average molecular weight is 402 g/mol. The summed E-state index contributed by atoms with van der Waals surface area (Å²) in [5.74, 6) is 0.0567. The normalized spacial score (nSPS) is 12.3. The van der Waals surface area contributed by atoms with Crippen LogP contribution in [0.15, 0.2) is 25.6 Å². The number of primary amides is 1. The van der Waals surface area contributed by atoms with Crippen molar-refractivity contribution in [3.63, 3.8) is 0 Å². The van der Waals surface area contributed by atoms with E-state index in [1.54, 1.807) is 6.92 Å². The summed E-state index contributed by atoms with van der Waals surface area (Å²) in [5.41, 5.74) is 5.11. The van der Waals surface area contributed by atoms with Gasteiger partial charge in [0.2, 0.25) is 0 Å². The molecular formula is C9H8Br3NO2. The molecule has 1 aromatic carbocycles. The number of nitrogens with two attached hydrogens (primary N) is 1. The summed E-state index contributed by atoms with van der Waals surface area (Å²) in [6.45, 7) is 1.60. The molecular weight excluding hydrogens is 394 g/mol. The minimum atomic E-state index is -0.668. The Hall–Kier alpha value is -0.0700. The third-order valence-electron chi connectivity index (χ3n) is 1.66. The molecule has 1 aromatic rings. The quantitative estimate of drug-likeness (QED) is 0.845. The third-order valence-corrected chi connectivity index (χ3v) is 3.29. The first kappa shape index (κ1) is 13.0. The average Bonchev–Trinajstić information content (AvgIpc) is 2.10. The molecule has 2 N–H and O–H groups in total. The van der Waals surface area contributed by atoms with E-state index in [0.29, 0.717) is 5.75 Å². The van der Waals surface area contributed by atoms with E-state index in [2.05, 4.69) is 47.8 Å². The van der Waals surface area contributed by atoms with Crippen LogP contribution in [0.4, 0.5) is 0 Å². The number of carbonyl (C=O) groups excluding carboxylic acids is 1. The second kappa shape index (κ2) is 5.32. The maximum absolute atomic E-state index is 10.9. The van der Waals surface area contributed by atoms with Crippen LogP contribution < -0.4 is 10.5 Å². The lowest BCUT2D eigenvalue weighted by molar-refractivity contribution is -0.124. The van der Waals surface area contributed by atoms with E-state index in [1.807, 2.05) is 12.1 Å². The van der Waals surface area contributed by atoms with Gasteiger partial charge in [0.1, 0.15) is 5.75 Å². The van der Waals surface area contributed by atoms with Crippen LogP contribution in [-0.2, 0) is 4.79 Å². The van der Waals surface area contributed by atoms with Crippen LogP contribution in [0.2, 0.25) is 0 Å². The SMILES string of the molecule is CC(Oc1c(Br)cc(Br)cc1Br)C(N)=O. The topological polar surface area (TPSA) is 52.3 Å². The molecule has 0 saturated heterocycles. The van der Waals surface area contributed by atoms with Crippen molar-refractivity contribution in [2.24, 2.45) is 5.73 Å². The van der Waals surface area contributed by atoms with Gasteiger partial charge in [-0.05, 0) is 50.9 Å². The Morgan fingerprint density at radius 3 is 2.20 bits per heavy atom. The molecule has 15 heavy (non-hydrogen) atoms. The van der Waals surface area contributed by atoms with Crippen molar-refractivity contribution in [1.29, 1.82) is 0 Å². The van der Waals surface area contributed by atoms with Gasteiger partial charge >= 0.3 is 0 Å². The minimum Gasteiger partial charge on any atom is -0.479 e. The van der Waals surface area contributed by atoms with Crippen LogP contribution in [0, 0.1) is 0 Å². The lowest BCUT2D eigenvalue weighted by Crippen LogP contribution is -2.30. The molecule has 1 unspecified atom stereocenters. The highest BCUT2D eigenvalue weighted by molar-refractivity contribution is 9.11. The van der Waals surface area contributed by atoms with Crippen molar-refractivity contribution in [3.05, 3.63) is 25.6 Å². The van der Waals surface area contributed by atoms with Gasteiger partial charge in [-0.25, -0.2) is 0 Å². The Labute approximate surface area is 113 Å². The van der Waals surface area contributed by atoms with Crippen molar-refractivity contribution in [3.8, 4) is 5.75 Å². The molecule has 1 atom stereocenters. The first-order chi connectivity index (χ1) is 6.91. The summed E-state index contributed by atoms with van der Waals surface area (Å²) >= 11 is 10.0. The zero-order valence-corrected chi connectivity index (χ0v) is 12.5. The van der Waals surface area contributed by atoms with Crippen LogP contribution in [0.3, 0.4) is 0 Å². The maximum Gasteiger partial charge on any atom is 0.258 e. The summed E-state index contributed by atoms with van der Waals surface area (Å²) < 4.78 is 7.80. The number of halogens is 3. The van der Waals surface area contributed by atoms with Crippen molar-refractivity contribution in [2.45, 2.75) is 13.0 Å². The molecule has 0 aliphatic heterocycles. The van der Waals surface area contributed by atoms with Gasteiger partial charge in [0, 0.05) is 4.47 Å². The zero-order chi connectivity index (χ0) is 11.6. The number of carbonyl (C=O) groups is 1. The number of hydrogen-bond donors (Lipinski definition) is 1. The minimum absolute atomic E-state index is 0.503. The molecule has 82 valence electrons. The Morgan fingerprint density at radius 1 is 1.33 bits per heavy atom. The Bertz CT molecular complexity index is 372. The Morgan fingerprint density at radius 2 is 1.80 bits per heavy atom. The summed E-state index contributed by atoms with van der Waals surface area (Å²) in [7, 11) is 0. The molecule has 0 fully saturated rings. The highest BCUT2D eigenvalue weighted by Gasteiger charge is 2.15. The summed E-state index contributed by atoms with van der Waals surface area (Å²) in [5, 5.41) is 0. The molecule has 0 aliphatic rings. The molecule has 1 rings (SSSR count). The molecule has 0 radical (unpaired) electrons. The number of hydrogen-bond acceptors (Lipinski definition) is 2. The molecule has 0 heterocycles. The standard InChI is InChI=1S/C9H8Br3NO2/c1-4(9(13)14)15-8-6(11)2-5(10)3-7(8)12/h2-4H,1H3,(H2,13,14). The maximum atomic E-state index is 10.9. The van der Waals surface area contributed by atoms with Gasteiger partial charge in [-0.3, -0.25) is 4.79 Å². The fourth-order valence-electron chi connectivity index (χ4n) is 0.876. The zero-order valence-electron chi connectivity index (χ0n) is 7.76. The van der Waals surface area contributed by atoms with Gasteiger partial charge in [0.25, 0.3) is 5.91 Å². The van der Waals surface area contributed by atoms with Crippen molar-refractivity contribution in [2.75, 3.05) is 0 Å². The molecule has 1 amide bonds. The second-order valence-corrected chi connectivity index (χ2v) is 5.49. The third kappa shape index (κ3) is 3.46. The summed E-state index contributed by atoms with van der Waals surface area (Å²) in [6, 6.07) is 3.65. The van der Waals surface area contributed by atoms with Gasteiger partial charge in [-0.2, -0.15) is 0 Å². The van der Waals surface area contributed by atoms with Crippen molar-refractivity contribution in [1.82, 2.24) is 0 Å². The summed E-state index contributed by atoms with van der Waals surface area (Å²) in [4.78, 5) is 10.9. The lowest BCUT2D eigenvalue weighted by atomic mass is 10.3. The number of rotatable bonds is 3. The van der Waals surface area contributed by atoms with Gasteiger partial charge in [0.15, 0.2) is 6.10 Å². The van der Waals surface area contributed by atoms with Gasteiger partial charge in [-0.15, -0.1) is 0 Å². The number of amides is 1. The molecule has 0 aromatic heterocycles. The fourth-order valence-corrected chi connectivity index (χ4v) is 3.32. The van der Waals surface area contributed by atoms with E-state index in [0.717, 1.165) is 13.4 Å². The van der Waals surface area contributed by atoms with E-state index in [9.17, 15) is 4.79 Å². The highest BCUT2D eigenvalue weighted by atomic mass is 79.9. The molecule has 0 saturated carbocycles. The van der Waals surface area contributed by atoms with Crippen LogP contribution in [0.25, 0.3) is 0 Å². The summed E-state index contributed by atoms with van der Waals surface area (Å²) in [6.07, 6.45) is -0.668. The van der Waals surface area contributed by atoms with E-state index in [-0.39, 0.29) is 0 Å². The van der Waals surface area contributed by atoms with Crippen LogP contribution in [0.5, 0.6) is 5.75 Å². The smallest absolute Gasteiger partial charge is 0.258 e. The highest BCUT2D eigenvalue weighted by Crippen LogP contribution is 2.36. The fraction of sp³-hybridized carbons (Fsp3) is 0.222. The van der Waals surface area contributed by atoms with Gasteiger partial charge < -0.3 is 10.5 Å². The van der Waals surface area contributed by atoms with Gasteiger partial charge in [-0.1, -0.05) is 15.9 Å². The van der Waals surface area contributed by atoms with Gasteiger partial charge in [0.05, 0.1) is 8.95 Å². The monoisotopic (exact) mass is 399 g/mol. The molecule has 0 spiro atoms. The molecule has 0 bridgehead atoms. The van der Waals surface area contributed by atoms with Crippen LogP contribution in [-0.4, -0.2) is 12.0 Å². The van der Waals surface area contributed by atoms with Crippen molar-refractivity contribution < 1.29 is 9.53 Å². The molecule has 0 aliphatic carbocycles. The van der Waals surface area contributed by atoms with E-state index < -0.39 is 12.0 Å². The Balaban J connectivity index is 3.00. The Kier molecular flexibility index (Phi) is 4.61. The first-order valence-corrected chi connectivity index (χ1v) is 6.40. The predicted molar refractivity (Wildman–Crippen MR) is 68.8 cm³/mol. The predicted octanol–water partition coefficient (Wildman–Crippen LogP) is 3.23. The largest absolute Gasteiger partial charge is 0.479 e. The number of benzene rings is 1. The van der Waals surface area contributed by atoms with E-state index >= 15 is 0 Å². The van der Waals surface area contributed by atoms with Crippen LogP contribution in [0.1, 0.15) is 6.92 Å².